The van der Waals surface area contributed by atoms with Crippen LogP contribution in [0.4, 0.5) is 8.78 Å². The van der Waals surface area contributed by atoms with E-state index in [0.29, 0.717) is 19.3 Å². The molecule has 88 valence electrons. The molecule has 4 heteroatoms. The molecule has 1 nitrogen and oxygen atoms in total. The van der Waals surface area contributed by atoms with Crippen LogP contribution in [0.2, 0.25) is 0 Å². The van der Waals surface area contributed by atoms with Crippen molar-refractivity contribution in [3.8, 4) is 0 Å². The zero-order valence-corrected chi connectivity index (χ0v) is 9.57. The van der Waals surface area contributed by atoms with Gasteiger partial charge in [-0.05, 0) is 19.3 Å². The molecule has 2 bridgehead atoms. The first-order chi connectivity index (χ1) is 6.98. The lowest BCUT2D eigenvalue weighted by molar-refractivity contribution is -0.281. The van der Waals surface area contributed by atoms with E-state index in [1.165, 1.54) is 12.1 Å². The summed E-state index contributed by atoms with van der Waals surface area (Å²) in [7, 11) is 0. The van der Waals surface area contributed by atoms with Gasteiger partial charge in [0.2, 0.25) is 0 Å². The van der Waals surface area contributed by atoms with E-state index in [0.717, 1.165) is 0 Å². The SMILES string of the molecule is Cl.NC12CC(C(F)(F)c3ccccc3)(C1)C2. The molecule has 0 unspecified atom stereocenters. The Bertz CT molecular complexity index is 385. The van der Waals surface area contributed by atoms with E-state index in [2.05, 4.69) is 0 Å². The minimum atomic E-state index is -2.71. The molecule has 0 radical (unpaired) electrons. The molecular formula is C12H14ClF2N. The van der Waals surface area contributed by atoms with Crippen LogP contribution in [0.15, 0.2) is 30.3 Å². The molecule has 1 aromatic carbocycles. The summed E-state index contributed by atoms with van der Waals surface area (Å²) in [6.07, 6.45) is 1.42. The Morgan fingerprint density at radius 3 is 2.00 bits per heavy atom. The molecule has 0 aliphatic heterocycles. The Morgan fingerprint density at radius 1 is 1.06 bits per heavy atom. The Morgan fingerprint density at radius 2 is 1.56 bits per heavy atom. The average molecular weight is 246 g/mol. The van der Waals surface area contributed by atoms with E-state index in [1.807, 2.05) is 0 Å². The highest BCUT2D eigenvalue weighted by atomic mass is 35.5. The van der Waals surface area contributed by atoms with Gasteiger partial charge in [0.15, 0.2) is 0 Å². The summed E-state index contributed by atoms with van der Waals surface area (Å²) in [5, 5.41) is 0. The number of alkyl halides is 2. The molecule has 0 atom stereocenters. The van der Waals surface area contributed by atoms with Crippen molar-refractivity contribution in [1.29, 1.82) is 0 Å². The van der Waals surface area contributed by atoms with Gasteiger partial charge in [0.05, 0.1) is 0 Å². The molecular weight excluding hydrogens is 232 g/mol. The molecule has 0 heterocycles. The van der Waals surface area contributed by atoms with Gasteiger partial charge >= 0.3 is 0 Å². The Labute approximate surface area is 99.4 Å². The Hall–Kier alpha value is -0.670. The molecule has 0 spiro atoms. The molecule has 0 aromatic heterocycles. The molecule has 2 N–H and O–H groups in total. The van der Waals surface area contributed by atoms with Gasteiger partial charge in [-0.3, -0.25) is 0 Å². The second kappa shape index (κ2) is 3.17. The van der Waals surface area contributed by atoms with Crippen LogP contribution in [0.25, 0.3) is 0 Å². The number of nitrogens with two attached hydrogens (primary N) is 1. The average Bonchev–Trinajstić information content (AvgIpc) is 2.13. The van der Waals surface area contributed by atoms with E-state index >= 15 is 0 Å². The molecule has 0 saturated heterocycles. The number of rotatable bonds is 2. The first kappa shape index (κ1) is 11.8. The Kier molecular flexibility index (Phi) is 2.34. The summed E-state index contributed by atoms with van der Waals surface area (Å²) in [5.41, 5.74) is 4.85. The fourth-order valence-corrected chi connectivity index (χ4v) is 3.15. The van der Waals surface area contributed by atoms with E-state index < -0.39 is 11.3 Å². The molecule has 1 aromatic rings. The molecule has 3 saturated carbocycles. The first-order valence-corrected chi connectivity index (χ1v) is 5.20. The van der Waals surface area contributed by atoms with Crippen molar-refractivity contribution in [3.05, 3.63) is 35.9 Å². The third kappa shape index (κ3) is 1.25. The third-order valence-electron chi connectivity index (χ3n) is 3.87. The maximum absolute atomic E-state index is 14.1. The maximum atomic E-state index is 14.1. The highest BCUT2D eigenvalue weighted by Gasteiger charge is 2.76. The van der Waals surface area contributed by atoms with Crippen molar-refractivity contribution in [2.75, 3.05) is 0 Å². The summed E-state index contributed by atoms with van der Waals surface area (Å²) < 4.78 is 28.3. The highest BCUT2D eigenvalue weighted by Crippen LogP contribution is 2.74. The lowest BCUT2D eigenvalue weighted by Crippen LogP contribution is -2.76. The second-order valence-electron chi connectivity index (χ2n) is 5.11. The molecule has 4 rings (SSSR count). The third-order valence-corrected chi connectivity index (χ3v) is 3.87. The fourth-order valence-electron chi connectivity index (χ4n) is 3.15. The zero-order valence-electron chi connectivity index (χ0n) is 8.75. The van der Waals surface area contributed by atoms with Crippen LogP contribution in [0.5, 0.6) is 0 Å². The van der Waals surface area contributed by atoms with Crippen LogP contribution in [-0.2, 0) is 5.92 Å². The predicted molar refractivity (Wildman–Crippen MR) is 60.8 cm³/mol. The van der Waals surface area contributed by atoms with E-state index in [9.17, 15) is 8.78 Å². The quantitative estimate of drug-likeness (QED) is 0.852. The minimum Gasteiger partial charge on any atom is -0.325 e. The molecule has 16 heavy (non-hydrogen) atoms. The monoisotopic (exact) mass is 245 g/mol. The second-order valence-corrected chi connectivity index (χ2v) is 5.11. The summed E-state index contributed by atoms with van der Waals surface area (Å²) in [4.78, 5) is 0. The standard InChI is InChI=1S/C12H13F2N.ClH/c13-12(14,9-4-2-1-3-5-9)10-6-11(15,7-10)8-10;/h1-5H,6-8,15H2;1H. The number of hydrogen-bond acceptors (Lipinski definition) is 1. The van der Waals surface area contributed by atoms with Crippen LogP contribution in [0.3, 0.4) is 0 Å². The van der Waals surface area contributed by atoms with Gasteiger partial charge in [-0.1, -0.05) is 30.3 Å². The Balaban J connectivity index is 0.000000963. The first-order valence-electron chi connectivity index (χ1n) is 5.20. The van der Waals surface area contributed by atoms with Crippen molar-refractivity contribution in [2.45, 2.75) is 30.7 Å². The molecule has 3 aliphatic carbocycles. The van der Waals surface area contributed by atoms with Gasteiger partial charge in [0.25, 0.3) is 5.92 Å². The summed E-state index contributed by atoms with van der Waals surface area (Å²) in [6.45, 7) is 0. The zero-order chi connectivity index (χ0) is 10.7. The normalized spacial score (nSPS) is 35.7. The fraction of sp³-hybridized carbons (Fsp3) is 0.500. The number of benzene rings is 1. The summed E-state index contributed by atoms with van der Waals surface area (Å²) >= 11 is 0. The molecule has 3 fully saturated rings. The van der Waals surface area contributed by atoms with Crippen LogP contribution in [-0.4, -0.2) is 5.54 Å². The van der Waals surface area contributed by atoms with Crippen LogP contribution < -0.4 is 5.73 Å². The number of hydrogen-bond donors (Lipinski definition) is 1. The number of halogens is 3. The van der Waals surface area contributed by atoms with Crippen LogP contribution in [0.1, 0.15) is 24.8 Å². The van der Waals surface area contributed by atoms with Crippen molar-refractivity contribution in [1.82, 2.24) is 0 Å². The van der Waals surface area contributed by atoms with Gasteiger partial charge in [0, 0.05) is 16.5 Å². The van der Waals surface area contributed by atoms with Gasteiger partial charge in [-0.25, -0.2) is 8.78 Å². The van der Waals surface area contributed by atoms with Crippen molar-refractivity contribution < 1.29 is 8.78 Å². The minimum absolute atomic E-state index is 0. The van der Waals surface area contributed by atoms with E-state index in [4.69, 9.17) is 5.73 Å². The summed E-state index contributed by atoms with van der Waals surface area (Å²) in [6, 6.07) is 8.08. The predicted octanol–water partition coefficient (Wildman–Crippen LogP) is 3.08. The van der Waals surface area contributed by atoms with Crippen molar-refractivity contribution in [3.63, 3.8) is 0 Å². The maximum Gasteiger partial charge on any atom is 0.278 e. The van der Waals surface area contributed by atoms with Crippen LogP contribution >= 0.6 is 12.4 Å². The van der Waals surface area contributed by atoms with Crippen LogP contribution in [0, 0.1) is 5.41 Å². The largest absolute Gasteiger partial charge is 0.325 e. The topological polar surface area (TPSA) is 26.0 Å². The van der Waals surface area contributed by atoms with Gasteiger partial charge in [-0.2, -0.15) is 0 Å². The van der Waals surface area contributed by atoms with Crippen molar-refractivity contribution in [2.24, 2.45) is 11.1 Å². The lowest BCUT2D eigenvalue weighted by atomic mass is 9.37. The molecule has 0 amide bonds. The van der Waals surface area contributed by atoms with E-state index in [-0.39, 0.29) is 23.5 Å². The lowest BCUT2D eigenvalue weighted by Gasteiger charge is -2.71. The van der Waals surface area contributed by atoms with E-state index in [1.54, 1.807) is 18.2 Å². The smallest absolute Gasteiger partial charge is 0.278 e. The molecule has 3 aliphatic rings. The highest BCUT2D eigenvalue weighted by molar-refractivity contribution is 5.85. The van der Waals surface area contributed by atoms with Gasteiger partial charge < -0.3 is 5.73 Å². The van der Waals surface area contributed by atoms with Crippen molar-refractivity contribution >= 4 is 12.4 Å². The van der Waals surface area contributed by atoms with Gasteiger partial charge in [0.1, 0.15) is 0 Å². The van der Waals surface area contributed by atoms with Gasteiger partial charge in [-0.15, -0.1) is 12.4 Å². The summed E-state index contributed by atoms with van der Waals surface area (Å²) in [5.74, 6) is -2.71.